The third-order valence-electron chi connectivity index (χ3n) is 7.23. The minimum Gasteiger partial charge on any atom is -0.436 e. The number of Topliss-reactive ketones (excluding diaryl/α,β-unsaturated/α-hetero) is 1. The van der Waals surface area contributed by atoms with E-state index >= 15 is 0 Å². The molecule has 2 aliphatic carbocycles. The highest BCUT2D eigenvalue weighted by Gasteiger charge is 2.57. The van der Waals surface area contributed by atoms with Gasteiger partial charge in [-0.2, -0.15) is 18.4 Å². The number of alkyl halides is 3. The van der Waals surface area contributed by atoms with Gasteiger partial charge >= 0.3 is 18.3 Å². The number of halogens is 5. The Bertz CT molecular complexity index is 1370. The molecule has 1 aromatic carbocycles. The molecule has 4 amide bonds. The number of carbonyl (C=O) groups excluding carboxylic acids is 4. The molecule has 10 nitrogen and oxygen atoms in total. The lowest BCUT2D eigenvalue weighted by atomic mass is 9.85. The third kappa shape index (κ3) is 6.01. The fourth-order valence-electron chi connectivity index (χ4n) is 5.09. The summed E-state index contributed by atoms with van der Waals surface area (Å²) in [5, 5.41) is 12.7. The summed E-state index contributed by atoms with van der Waals surface area (Å²) in [5.74, 6) is -4.51. The Kier molecular flexibility index (Phi) is 8.05. The van der Waals surface area contributed by atoms with Gasteiger partial charge < -0.3 is 20.3 Å². The molecule has 1 aliphatic heterocycles. The van der Waals surface area contributed by atoms with Crippen molar-refractivity contribution >= 4 is 23.8 Å². The molecule has 2 unspecified atom stereocenters. The monoisotopic (exact) mass is 581 g/mol. The molecule has 2 N–H and O–H groups in total. The summed E-state index contributed by atoms with van der Waals surface area (Å²) in [6.45, 7) is -1.22. The molecule has 3 aliphatic rings. The molecule has 1 saturated carbocycles. The second kappa shape index (κ2) is 11.2. The second-order valence-corrected chi connectivity index (χ2v) is 9.83. The van der Waals surface area contributed by atoms with E-state index in [9.17, 15) is 41.1 Å². The molecule has 218 valence electrons. The molecule has 1 saturated heterocycles. The van der Waals surface area contributed by atoms with Crippen LogP contribution in [0.15, 0.2) is 47.4 Å². The quantitative estimate of drug-likeness (QED) is 0.376. The van der Waals surface area contributed by atoms with Crippen LogP contribution in [0.4, 0.5) is 31.5 Å². The van der Waals surface area contributed by atoms with E-state index in [0.717, 1.165) is 30.0 Å². The van der Waals surface area contributed by atoms with Gasteiger partial charge in [-0.3, -0.25) is 14.5 Å². The molecule has 4 rings (SSSR count). The first-order valence-corrected chi connectivity index (χ1v) is 12.4. The number of nitrogens with zero attached hydrogens (tertiary/aromatic N) is 3. The van der Waals surface area contributed by atoms with Gasteiger partial charge in [0, 0.05) is 12.5 Å². The number of nitrogens with one attached hydrogen (secondary N) is 2. The molecule has 2 fully saturated rings. The summed E-state index contributed by atoms with van der Waals surface area (Å²) < 4.78 is 74.5. The van der Waals surface area contributed by atoms with Crippen molar-refractivity contribution in [3.63, 3.8) is 0 Å². The lowest BCUT2D eigenvalue weighted by molar-refractivity contribution is -0.187. The maximum atomic E-state index is 14.9. The van der Waals surface area contributed by atoms with Crippen LogP contribution in [0.2, 0.25) is 0 Å². The summed E-state index contributed by atoms with van der Waals surface area (Å²) >= 11 is 0. The minimum atomic E-state index is -4.80. The van der Waals surface area contributed by atoms with Crippen LogP contribution in [0.25, 0.3) is 0 Å². The predicted molar refractivity (Wildman–Crippen MR) is 129 cm³/mol. The molecule has 1 aromatic rings. The molecule has 15 heteroatoms. The number of urea groups is 1. The van der Waals surface area contributed by atoms with Gasteiger partial charge in [0.2, 0.25) is 5.91 Å². The van der Waals surface area contributed by atoms with Crippen LogP contribution in [0.5, 0.6) is 0 Å². The molecule has 3 atom stereocenters. The van der Waals surface area contributed by atoms with Gasteiger partial charge in [0.1, 0.15) is 30.6 Å². The van der Waals surface area contributed by atoms with Gasteiger partial charge in [-0.25, -0.2) is 18.4 Å². The fraction of sp³-hybridized carbons (Fsp3) is 0.423. The van der Waals surface area contributed by atoms with Crippen LogP contribution >= 0.6 is 0 Å². The van der Waals surface area contributed by atoms with Crippen molar-refractivity contribution < 1.29 is 45.9 Å². The number of allylic oxidation sites excluding steroid dienone is 3. The highest BCUT2D eigenvalue weighted by Crippen LogP contribution is 2.49. The fourth-order valence-corrected chi connectivity index (χ4v) is 5.09. The van der Waals surface area contributed by atoms with Crippen LogP contribution in [0.3, 0.4) is 0 Å². The van der Waals surface area contributed by atoms with Crippen LogP contribution in [0.1, 0.15) is 25.3 Å². The molecule has 1 heterocycles. The number of ether oxygens (including phenoxy) is 1. The second-order valence-electron chi connectivity index (χ2n) is 9.83. The van der Waals surface area contributed by atoms with Crippen LogP contribution in [0, 0.1) is 23.1 Å². The van der Waals surface area contributed by atoms with Crippen LogP contribution in [-0.4, -0.2) is 71.1 Å². The third-order valence-corrected chi connectivity index (χ3v) is 7.23. The Labute approximate surface area is 230 Å². The standard InChI is InChI=1S/C26H24F5N5O5/c1-14(26(29,30)31)36(11-15-2-4-16(27)5-3-15)20(37)12-35-13-25(41-24(35)40)7-6-17-18(25)10-19(28)21(22(17)38)34-23(39)33-9-8-32/h2-5,10,14,17H,6-7,9,11-13H2,1H3,(H2,33,34,39)/t14-,17?,25?/m0/s1. The molecule has 41 heavy (non-hydrogen) atoms. The zero-order valence-corrected chi connectivity index (χ0v) is 21.6. The van der Waals surface area contributed by atoms with Crippen molar-refractivity contribution in [1.82, 2.24) is 20.4 Å². The van der Waals surface area contributed by atoms with Crippen LogP contribution in [-0.2, 0) is 20.9 Å². The van der Waals surface area contributed by atoms with Crippen molar-refractivity contribution in [1.29, 1.82) is 5.26 Å². The van der Waals surface area contributed by atoms with E-state index in [1.807, 2.05) is 0 Å². The minimum absolute atomic E-state index is 0.0606. The molecular weight excluding hydrogens is 557 g/mol. The highest BCUT2D eigenvalue weighted by molar-refractivity contribution is 6.04. The first-order chi connectivity index (χ1) is 19.3. The van der Waals surface area contributed by atoms with E-state index in [1.54, 1.807) is 6.07 Å². The average molecular weight is 581 g/mol. The average Bonchev–Trinajstić information content (AvgIpc) is 3.41. The number of hydrogen-bond acceptors (Lipinski definition) is 6. The summed E-state index contributed by atoms with van der Waals surface area (Å²) in [4.78, 5) is 52.1. The number of nitriles is 1. The Morgan fingerprint density at radius 3 is 2.56 bits per heavy atom. The zero-order chi connectivity index (χ0) is 30.1. The normalized spacial score (nSPS) is 22.6. The highest BCUT2D eigenvalue weighted by atomic mass is 19.4. The van der Waals surface area contributed by atoms with Gasteiger partial charge in [0.25, 0.3) is 0 Å². The molecule has 0 bridgehead atoms. The van der Waals surface area contributed by atoms with Crippen molar-refractivity contribution in [3.05, 3.63) is 58.8 Å². The molecule has 0 radical (unpaired) electrons. The summed E-state index contributed by atoms with van der Waals surface area (Å²) in [6, 6.07) is 3.01. The lowest BCUT2D eigenvalue weighted by Gasteiger charge is -2.32. The number of amides is 4. The number of rotatable bonds is 7. The summed E-state index contributed by atoms with van der Waals surface area (Å²) in [6.07, 6.45) is -4.69. The Morgan fingerprint density at radius 1 is 1.24 bits per heavy atom. The van der Waals surface area contributed by atoms with Crippen molar-refractivity contribution in [3.8, 4) is 6.07 Å². The maximum Gasteiger partial charge on any atom is 0.411 e. The molecular formula is C26H24F5N5O5. The maximum absolute atomic E-state index is 14.9. The van der Waals surface area contributed by atoms with Gasteiger partial charge in [0.15, 0.2) is 17.2 Å². The van der Waals surface area contributed by atoms with Crippen molar-refractivity contribution in [2.45, 2.75) is 44.1 Å². The van der Waals surface area contributed by atoms with Crippen molar-refractivity contribution in [2.75, 3.05) is 19.6 Å². The SMILES string of the molecule is C[C@H](N(Cc1ccc(F)cc1)C(=O)CN1CC2(CCC3C(=O)C(NC(=O)NCC#N)=C(F)C=C32)OC1=O)C(F)(F)F. The van der Waals surface area contributed by atoms with Gasteiger partial charge in [-0.1, -0.05) is 12.1 Å². The Morgan fingerprint density at radius 2 is 1.93 bits per heavy atom. The number of carbonyl (C=O) groups is 4. The van der Waals surface area contributed by atoms with E-state index in [2.05, 4.69) is 10.6 Å². The van der Waals surface area contributed by atoms with E-state index in [-0.39, 0.29) is 37.1 Å². The van der Waals surface area contributed by atoms with E-state index in [4.69, 9.17) is 10.00 Å². The zero-order valence-electron chi connectivity index (χ0n) is 21.6. The Hall–Kier alpha value is -4.48. The van der Waals surface area contributed by atoms with Crippen LogP contribution < -0.4 is 10.6 Å². The van der Waals surface area contributed by atoms with Gasteiger partial charge in [-0.15, -0.1) is 0 Å². The molecule has 1 spiro atoms. The smallest absolute Gasteiger partial charge is 0.411 e. The first kappa shape index (κ1) is 29.5. The first-order valence-electron chi connectivity index (χ1n) is 12.4. The largest absolute Gasteiger partial charge is 0.436 e. The number of ketones is 1. The topological polar surface area (TPSA) is 132 Å². The number of fused-ring (bicyclic) bond motifs is 2. The summed E-state index contributed by atoms with van der Waals surface area (Å²) in [5.41, 5.74) is -1.78. The summed E-state index contributed by atoms with van der Waals surface area (Å²) in [7, 11) is 0. The van der Waals surface area contributed by atoms with Crippen molar-refractivity contribution in [2.24, 2.45) is 5.92 Å². The van der Waals surface area contributed by atoms with E-state index < -0.39 is 78.0 Å². The van der Waals surface area contributed by atoms with Gasteiger partial charge in [-0.05, 0) is 49.1 Å². The Balaban J connectivity index is 1.53. The lowest BCUT2D eigenvalue weighted by Crippen LogP contribution is -2.50. The molecule has 0 aromatic heterocycles. The van der Waals surface area contributed by atoms with Gasteiger partial charge in [0.05, 0.1) is 12.6 Å². The van der Waals surface area contributed by atoms with E-state index in [1.165, 1.54) is 12.1 Å². The predicted octanol–water partition coefficient (Wildman–Crippen LogP) is 3.22. The number of benzene rings is 1. The number of hydrogen-bond donors (Lipinski definition) is 2. The van der Waals surface area contributed by atoms with E-state index in [0.29, 0.717) is 4.90 Å².